The molecule has 48 valence electrons. The zero-order valence-electron chi connectivity index (χ0n) is 4.92. The molecule has 0 aromatic carbocycles. The van der Waals surface area contributed by atoms with Crippen LogP contribution >= 0.6 is 0 Å². The predicted molar refractivity (Wildman–Crippen MR) is 32.6 cm³/mol. The van der Waals surface area contributed by atoms with Crippen LogP contribution in [0.5, 0.6) is 0 Å². The molecule has 0 aliphatic carbocycles. The van der Waals surface area contributed by atoms with Gasteiger partial charge in [0.15, 0.2) is 0 Å². The minimum atomic E-state index is -0.264. The fraction of sp³-hybridized carbons (Fsp3) is 1.00. The molecular formula is C4H11N3O. The third kappa shape index (κ3) is 2.65. The van der Waals surface area contributed by atoms with Crippen LogP contribution in [0.3, 0.4) is 0 Å². The van der Waals surface area contributed by atoms with Gasteiger partial charge in [-0.1, -0.05) is 5.18 Å². The molecule has 0 radical (unpaired) electrons. The summed E-state index contributed by atoms with van der Waals surface area (Å²) in [5, 5.41) is 5.55. The summed E-state index contributed by atoms with van der Waals surface area (Å²) in [4.78, 5) is 9.76. The summed E-state index contributed by atoms with van der Waals surface area (Å²) in [6.07, 6.45) is 0. The van der Waals surface area contributed by atoms with Crippen molar-refractivity contribution in [2.45, 2.75) is 6.04 Å². The van der Waals surface area contributed by atoms with Crippen LogP contribution in [-0.2, 0) is 0 Å². The third-order valence-electron chi connectivity index (χ3n) is 0.861. The number of nitroso groups, excluding NO2 is 1. The van der Waals surface area contributed by atoms with Crippen LogP contribution in [0.1, 0.15) is 0 Å². The topological polar surface area (TPSA) is 67.5 Å². The highest BCUT2D eigenvalue weighted by Gasteiger charge is 2.01. The lowest BCUT2D eigenvalue weighted by atomic mass is 10.3. The Morgan fingerprint density at radius 2 is 2.50 bits per heavy atom. The van der Waals surface area contributed by atoms with E-state index in [1.807, 2.05) is 0 Å². The van der Waals surface area contributed by atoms with Crippen LogP contribution in [0.15, 0.2) is 5.18 Å². The number of likely N-dealkylation sites (N-methyl/N-ethyl adjacent to an activating group) is 1. The summed E-state index contributed by atoms with van der Waals surface area (Å²) in [5.41, 5.74) is 5.14. The van der Waals surface area contributed by atoms with E-state index in [1.54, 1.807) is 7.05 Å². The Morgan fingerprint density at radius 3 is 2.62 bits per heavy atom. The SMILES string of the molecule is CNCC(CN)N=O. The second-order valence-electron chi connectivity index (χ2n) is 1.55. The molecule has 0 amide bonds. The van der Waals surface area contributed by atoms with Gasteiger partial charge in [0.2, 0.25) is 0 Å². The van der Waals surface area contributed by atoms with Gasteiger partial charge in [-0.05, 0) is 7.05 Å². The summed E-state index contributed by atoms with van der Waals surface area (Å²) < 4.78 is 0. The lowest BCUT2D eigenvalue weighted by Gasteiger charge is -2.01. The van der Waals surface area contributed by atoms with Crippen molar-refractivity contribution < 1.29 is 0 Å². The Morgan fingerprint density at radius 1 is 1.88 bits per heavy atom. The molecule has 0 aliphatic heterocycles. The van der Waals surface area contributed by atoms with Crippen LogP contribution in [-0.4, -0.2) is 26.2 Å². The first-order valence-electron chi connectivity index (χ1n) is 2.52. The summed E-state index contributed by atoms with van der Waals surface area (Å²) in [6.45, 7) is 0.893. The van der Waals surface area contributed by atoms with Gasteiger partial charge in [0.05, 0.1) is 0 Å². The highest BCUT2D eigenvalue weighted by Crippen LogP contribution is 1.81. The average Bonchev–Trinajstić information content (AvgIpc) is 1.83. The highest BCUT2D eigenvalue weighted by molar-refractivity contribution is 4.66. The summed E-state index contributed by atoms with van der Waals surface area (Å²) in [7, 11) is 1.76. The van der Waals surface area contributed by atoms with E-state index in [0.29, 0.717) is 13.1 Å². The maximum atomic E-state index is 9.76. The molecule has 0 bridgehead atoms. The molecule has 1 atom stereocenters. The number of nitrogens with zero attached hydrogens (tertiary/aromatic N) is 1. The number of nitrogens with two attached hydrogens (primary N) is 1. The summed E-state index contributed by atoms with van der Waals surface area (Å²) in [5.74, 6) is 0. The zero-order valence-corrected chi connectivity index (χ0v) is 4.92. The van der Waals surface area contributed by atoms with E-state index >= 15 is 0 Å². The van der Waals surface area contributed by atoms with E-state index in [0.717, 1.165) is 0 Å². The monoisotopic (exact) mass is 117 g/mol. The summed E-state index contributed by atoms with van der Waals surface area (Å²) >= 11 is 0. The third-order valence-corrected chi connectivity index (χ3v) is 0.861. The minimum Gasteiger partial charge on any atom is -0.328 e. The molecule has 8 heavy (non-hydrogen) atoms. The molecule has 4 heteroatoms. The molecule has 0 aromatic heterocycles. The zero-order chi connectivity index (χ0) is 6.41. The first-order valence-corrected chi connectivity index (χ1v) is 2.52. The molecular weight excluding hydrogens is 106 g/mol. The van der Waals surface area contributed by atoms with E-state index in [4.69, 9.17) is 5.73 Å². The van der Waals surface area contributed by atoms with E-state index in [1.165, 1.54) is 0 Å². The van der Waals surface area contributed by atoms with Gasteiger partial charge >= 0.3 is 0 Å². The predicted octanol–water partition coefficient (Wildman–Crippen LogP) is -0.700. The number of hydrogen-bond donors (Lipinski definition) is 2. The minimum absolute atomic E-state index is 0.264. The summed E-state index contributed by atoms with van der Waals surface area (Å²) in [6, 6.07) is -0.264. The van der Waals surface area contributed by atoms with Crippen molar-refractivity contribution in [2.75, 3.05) is 20.1 Å². The lowest BCUT2D eigenvalue weighted by molar-refractivity contribution is 0.625. The largest absolute Gasteiger partial charge is 0.328 e. The van der Waals surface area contributed by atoms with Gasteiger partial charge in [0.1, 0.15) is 6.04 Å². The molecule has 3 N–H and O–H groups in total. The molecule has 4 nitrogen and oxygen atoms in total. The Bertz CT molecular complexity index is 66.3. The van der Waals surface area contributed by atoms with Crippen LogP contribution in [0.25, 0.3) is 0 Å². The van der Waals surface area contributed by atoms with Gasteiger partial charge in [-0.3, -0.25) is 0 Å². The molecule has 0 saturated carbocycles. The molecule has 0 aliphatic rings. The van der Waals surface area contributed by atoms with Gasteiger partial charge in [0.25, 0.3) is 0 Å². The number of nitrogens with one attached hydrogen (secondary N) is 1. The molecule has 1 unspecified atom stereocenters. The highest BCUT2D eigenvalue weighted by atomic mass is 16.3. The van der Waals surface area contributed by atoms with Crippen molar-refractivity contribution in [1.29, 1.82) is 0 Å². The maximum absolute atomic E-state index is 9.76. The van der Waals surface area contributed by atoms with Gasteiger partial charge in [0, 0.05) is 13.1 Å². The molecule has 0 aromatic rings. The average molecular weight is 117 g/mol. The smallest absolute Gasteiger partial charge is 0.116 e. The van der Waals surface area contributed by atoms with E-state index in [9.17, 15) is 4.91 Å². The van der Waals surface area contributed by atoms with Crippen molar-refractivity contribution in [3.63, 3.8) is 0 Å². The molecule has 0 saturated heterocycles. The molecule has 0 spiro atoms. The molecule has 0 fully saturated rings. The maximum Gasteiger partial charge on any atom is 0.116 e. The van der Waals surface area contributed by atoms with Crippen molar-refractivity contribution in [3.8, 4) is 0 Å². The fourth-order valence-corrected chi connectivity index (χ4v) is 0.399. The molecule has 0 heterocycles. The Hall–Kier alpha value is -0.480. The second kappa shape index (κ2) is 4.67. The quantitative estimate of drug-likeness (QED) is 0.478. The first-order chi connectivity index (χ1) is 3.85. The Balaban J connectivity index is 3.21. The Kier molecular flexibility index (Phi) is 4.39. The van der Waals surface area contributed by atoms with Crippen molar-refractivity contribution in [1.82, 2.24) is 5.32 Å². The fourth-order valence-electron chi connectivity index (χ4n) is 0.399. The van der Waals surface area contributed by atoms with Crippen LogP contribution in [0.4, 0.5) is 0 Å². The van der Waals surface area contributed by atoms with Gasteiger partial charge < -0.3 is 11.1 Å². The second-order valence-corrected chi connectivity index (χ2v) is 1.55. The Labute approximate surface area is 48.4 Å². The van der Waals surface area contributed by atoms with Crippen LogP contribution in [0, 0.1) is 4.91 Å². The first kappa shape index (κ1) is 7.52. The van der Waals surface area contributed by atoms with E-state index < -0.39 is 0 Å². The van der Waals surface area contributed by atoms with E-state index in [2.05, 4.69) is 10.5 Å². The molecule has 0 rings (SSSR count). The van der Waals surface area contributed by atoms with Crippen molar-refractivity contribution in [2.24, 2.45) is 10.9 Å². The lowest BCUT2D eigenvalue weighted by Crippen LogP contribution is -2.28. The number of rotatable bonds is 4. The normalized spacial score (nSPS) is 13.2. The van der Waals surface area contributed by atoms with Gasteiger partial charge in [-0.15, -0.1) is 0 Å². The van der Waals surface area contributed by atoms with Crippen molar-refractivity contribution >= 4 is 0 Å². The van der Waals surface area contributed by atoms with Crippen LogP contribution < -0.4 is 11.1 Å². The number of hydrogen-bond acceptors (Lipinski definition) is 4. The van der Waals surface area contributed by atoms with Crippen LogP contribution in [0.2, 0.25) is 0 Å². The van der Waals surface area contributed by atoms with Crippen molar-refractivity contribution in [3.05, 3.63) is 4.91 Å². The van der Waals surface area contributed by atoms with E-state index in [-0.39, 0.29) is 6.04 Å². The van der Waals surface area contributed by atoms with Gasteiger partial charge in [-0.2, -0.15) is 4.91 Å². The standard InChI is InChI=1S/C4H11N3O/c1-6-3-4(2-5)7-8/h4,6H,2-3,5H2,1H3. The van der Waals surface area contributed by atoms with Gasteiger partial charge in [-0.25, -0.2) is 0 Å².